The van der Waals surface area contributed by atoms with Crippen molar-refractivity contribution >= 4 is 11.5 Å². The highest BCUT2D eigenvalue weighted by molar-refractivity contribution is 5.71. The molecule has 0 aliphatic carbocycles. The van der Waals surface area contributed by atoms with Crippen LogP contribution in [0.3, 0.4) is 0 Å². The molecule has 124 valence electrons. The first-order valence-electron chi connectivity index (χ1n) is 7.78. The van der Waals surface area contributed by atoms with E-state index in [1.54, 1.807) is 10.8 Å². The van der Waals surface area contributed by atoms with Crippen LogP contribution in [0, 0.1) is 6.92 Å². The molecule has 0 amide bonds. The zero-order valence-electron chi connectivity index (χ0n) is 13.5. The predicted octanol–water partition coefficient (Wildman–Crippen LogP) is 2.75. The third-order valence-corrected chi connectivity index (χ3v) is 4.23. The van der Waals surface area contributed by atoms with Gasteiger partial charge in [-0.1, -0.05) is 12.1 Å². The van der Waals surface area contributed by atoms with Crippen LogP contribution in [0.1, 0.15) is 5.56 Å². The van der Waals surface area contributed by atoms with Gasteiger partial charge in [0.15, 0.2) is 5.75 Å². The number of nitrogens with zero attached hydrogens (tertiary/aromatic N) is 3. The van der Waals surface area contributed by atoms with E-state index in [-0.39, 0.29) is 11.6 Å². The first kappa shape index (κ1) is 15.0. The third-order valence-electron chi connectivity index (χ3n) is 4.23. The highest BCUT2D eigenvalue weighted by Crippen LogP contribution is 2.27. The number of rotatable bonds is 2. The van der Waals surface area contributed by atoms with Gasteiger partial charge in [0.2, 0.25) is 5.43 Å². The number of benzene rings is 1. The van der Waals surface area contributed by atoms with Crippen molar-refractivity contribution in [2.24, 2.45) is 0 Å². The van der Waals surface area contributed by atoms with Crippen LogP contribution in [0.2, 0.25) is 0 Å². The fraction of sp³-hybridized carbons (Fsp3) is 0.0526. The Morgan fingerprint density at radius 3 is 2.84 bits per heavy atom. The van der Waals surface area contributed by atoms with Gasteiger partial charge in [-0.25, -0.2) is 4.98 Å². The van der Waals surface area contributed by atoms with Crippen LogP contribution >= 0.6 is 0 Å². The normalized spacial score (nSPS) is 11.1. The van der Waals surface area contributed by atoms with Crippen molar-refractivity contribution in [1.29, 1.82) is 0 Å². The number of fused-ring (bicyclic) bond motifs is 1. The van der Waals surface area contributed by atoms with Crippen LogP contribution in [0.15, 0.2) is 66.0 Å². The maximum absolute atomic E-state index is 11.5. The minimum atomic E-state index is -0.494. The van der Waals surface area contributed by atoms with E-state index in [1.807, 2.05) is 54.0 Å². The molecule has 0 fully saturated rings. The summed E-state index contributed by atoms with van der Waals surface area (Å²) in [4.78, 5) is 15.8. The molecule has 6 heteroatoms. The molecule has 3 aromatic heterocycles. The topological polar surface area (TPSA) is 85.5 Å². The molecule has 0 radical (unpaired) electrons. The second kappa shape index (κ2) is 5.52. The molecule has 1 aromatic carbocycles. The van der Waals surface area contributed by atoms with Crippen LogP contribution < -0.4 is 11.2 Å². The summed E-state index contributed by atoms with van der Waals surface area (Å²) in [5.41, 5.74) is 10.3. The summed E-state index contributed by atoms with van der Waals surface area (Å²) in [5.74, 6) is -0.0719. The highest BCUT2D eigenvalue weighted by Gasteiger charge is 2.09. The van der Waals surface area contributed by atoms with Crippen LogP contribution in [0.4, 0.5) is 5.82 Å². The number of nitrogen functional groups attached to an aromatic ring is 1. The molecule has 0 atom stereocenters. The fourth-order valence-corrected chi connectivity index (χ4v) is 2.95. The molecule has 4 rings (SSSR count). The minimum Gasteiger partial charge on any atom is -0.503 e. The number of hydrogen-bond donors (Lipinski definition) is 2. The lowest BCUT2D eigenvalue weighted by Gasteiger charge is -2.13. The SMILES string of the molecule is Cc1cc2nccn2cc1-c1cccc(-n2cc(O)c(=O)cc2N)c1. The summed E-state index contributed by atoms with van der Waals surface area (Å²) >= 11 is 0. The molecule has 3 heterocycles. The first-order valence-corrected chi connectivity index (χ1v) is 7.78. The van der Waals surface area contributed by atoms with Crippen LogP contribution in [-0.2, 0) is 0 Å². The van der Waals surface area contributed by atoms with Crippen LogP contribution in [-0.4, -0.2) is 19.1 Å². The Morgan fingerprint density at radius 1 is 1.16 bits per heavy atom. The fourth-order valence-electron chi connectivity index (χ4n) is 2.95. The lowest BCUT2D eigenvalue weighted by molar-refractivity contribution is 0.466. The van der Waals surface area contributed by atoms with Gasteiger partial charge >= 0.3 is 0 Å². The summed E-state index contributed by atoms with van der Waals surface area (Å²) in [6.45, 7) is 2.04. The van der Waals surface area contributed by atoms with E-state index in [0.717, 1.165) is 28.0 Å². The molecule has 0 spiro atoms. The summed E-state index contributed by atoms with van der Waals surface area (Å²) in [6.07, 6.45) is 7.03. The molecule has 0 unspecified atom stereocenters. The van der Waals surface area contributed by atoms with Crippen LogP contribution in [0.25, 0.3) is 22.5 Å². The lowest BCUT2D eigenvalue weighted by atomic mass is 10.0. The average molecular weight is 332 g/mol. The van der Waals surface area contributed by atoms with Crippen molar-refractivity contribution in [2.45, 2.75) is 6.92 Å². The molecule has 0 saturated heterocycles. The molecular formula is C19H16N4O2. The molecule has 25 heavy (non-hydrogen) atoms. The number of pyridine rings is 2. The predicted molar refractivity (Wildman–Crippen MR) is 97.0 cm³/mol. The van der Waals surface area contributed by atoms with Crippen LogP contribution in [0.5, 0.6) is 5.75 Å². The Labute approximate surface area is 143 Å². The van der Waals surface area contributed by atoms with E-state index >= 15 is 0 Å². The largest absolute Gasteiger partial charge is 0.503 e. The van der Waals surface area contributed by atoms with Gasteiger partial charge in [0.1, 0.15) is 11.5 Å². The van der Waals surface area contributed by atoms with Gasteiger partial charge in [-0.3, -0.25) is 9.36 Å². The zero-order valence-corrected chi connectivity index (χ0v) is 13.5. The maximum atomic E-state index is 11.5. The van der Waals surface area contributed by atoms with Gasteiger partial charge in [0, 0.05) is 35.9 Å². The van der Waals surface area contributed by atoms with Crippen molar-refractivity contribution in [3.8, 4) is 22.6 Å². The van der Waals surface area contributed by atoms with Crippen molar-refractivity contribution in [1.82, 2.24) is 14.0 Å². The molecule has 0 aliphatic heterocycles. The Morgan fingerprint density at radius 2 is 2.00 bits per heavy atom. The van der Waals surface area contributed by atoms with Crippen molar-refractivity contribution < 1.29 is 5.11 Å². The van der Waals surface area contributed by atoms with E-state index in [9.17, 15) is 9.90 Å². The van der Waals surface area contributed by atoms with E-state index in [0.29, 0.717) is 0 Å². The van der Waals surface area contributed by atoms with Gasteiger partial charge in [-0.2, -0.15) is 0 Å². The van der Waals surface area contributed by atoms with Gasteiger partial charge in [-0.05, 0) is 36.2 Å². The third kappa shape index (κ3) is 2.53. The molecule has 0 saturated carbocycles. The van der Waals surface area contributed by atoms with Gasteiger partial charge in [-0.15, -0.1) is 0 Å². The van der Waals surface area contributed by atoms with Gasteiger partial charge in [0.25, 0.3) is 0 Å². The highest BCUT2D eigenvalue weighted by atomic mass is 16.3. The van der Waals surface area contributed by atoms with E-state index < -0.39 is 5.43 Å². The summed E-state index contributed by atoms with van der Waals surface area (Å²) in [6, 6.07) is 11.0. The average Bonchev–Trinajstić information content (AvgIpc) is 3.04. The molecule has 0 bridgehead atoms. The maximum Gasteiger partial charge on any atom is 0.225 e. The monoisotopic (exact) mass is 332 g/mol. The number of aryl methyl sites for hydroxylation is 1. The number of nitrogens with two attached hydrogens (primary N) is 1. The Bertz CT molecular complexity index is 1160. The van der Waals surface area contributed by atoms with E-state index in [2.05, 4.69) is 4.98 Å². The molecular weight excluding hydrogens is 316 g/mol. The molecule has 4 aromatic rings. The second-order valence-electron chi connectivity index (χ2n) is 5.93. The van der Waals surface area contributed by atoms with Crippen molar-refractivity contribution in [2.75, 3.05) is 5.73 Å². The quantitative estimate of drug-likeness (QED) is 0.591. The standard InChI is InChI=1S/C19H16N4O2/c1-12-7-19-21-5-6-22(19)10-15(12)13-3-2-4-14(8-13)23-11-17(25)16(24)9-18(23)20/h2-11,25H,20H2,1H3. The lowest BCUT2D eigenvalue weighted by Crippen LogP contribution is -2.10. The minimum absolute atomic E-state index is 0.265. The smallest absolute Gasteiger partial charge is 0.225 e. The van der Waals surface area contributed by atoms with Crippen molar-refractivity contribution in [3.05, 3.63) is 77.0 Å². The molecule has 6 nitrogen and oxygen atoms in total. The van der Waals surface area contributed by atoms with Crippen molar-refractivity contribution in [3.63, 3.8) is 0 Å². The summed E-state index contributed by atoms with van der Waals surface area (Å²) in [5, 5.41) is 9.71. The number of hydrogen-bond acceptors (Lipinski definition) is 4. The number of aromatic hydroxyl groups is 1. The Kier molecular flexibility index (Phi) is 3.32. The summed E-state index contributed by atoms with van der Waals surface area (Å²) in [7, 11) is 0. The molecule has 3 N–H and O–H groups in total. The second-order valence-corrected chi connectivity index (χ2v) is 5.93. The zero-order chi connectivity index (χ0) is 17.6. The van der Waals surface area contributed by atoms with Gasteiger partial charge < -0.3 is 15.2 Å². The first-order chi connectivity index (χ1) is 12.0. The summed E-state index contributed by atoms with van der Waals surface area (Å²) < 4.78 is 3.56. The van der Waals surface area contributed by atoms with E-state index in [1.165, 1.54) is 12.3 Å². The number of aromatic nitrogens is 3. The Hall–Kier alpha value is -3.54. The van der Waals surface area contributed by atoms with Gasteiger partial charge in [0.05, 0.1) is 6.20 Å². The van der Waals surface area contributed by atoms with E-state index in [4.69, 9.17) is 5.73 Å². The number of anilines is 1. The number of imidazole rings is 1. The molecule has 0 aliphatic rings. The Balaban J connectivity index is 1.88.